The van der Waals surface area contributed by atoms with Crippen LogP contribution in [0, 0.1) is 11.3 Å². The number of nitriles is 1. The van der Waals surface area contributed by atoms with E-state index in [2.05, 4.69) is 10.6 Å². The van der Waals surface area contributed by atoms with Gasteiger partial charge in [-0.3, -0.25) is 10.1 Å². The topological polar surface area (TPSA) is 91.2 Å². The number of ether oxygens (including phenoxy) is 1. The minimum Gasteiger partial charge on any atom is -0.480 e. The number of urea groups is 1. The first-order valence-corrected chi connectivity index (χ1v) is 6.52. The SMILES string of the molecule is CC(Oc1ccccc1C#N)C(=O)NC(=O)NC(C)(C)C. The molecule has 0 aliphatic carbocycles. The molecule has 0 aliphatic rings. The van der Waals surface area contributed by atoms with Crippen LogP contribution in [0.5, 0.6) is 5.75 Å². The van der Waals surface area contributed by atoms with Crippen molar-refractivity contribution in [3.05, 3.63) is 29.8 Å². The van der Waals surface area contributed by atoms with E-state index in [0.29, 0.717) is 11.3 Å². The van der Waals surface area contributed by atoms with Crippen LogP contribution in [0.25, 0.3) is 0 Å². The first kappa shape index (κ1) is 16.5. The molecule has 0 radical (unpaired) electrons. The van der Waals surface area contributed by atoms with E-state index in [0.717, 1.165) is 0 Å². The van der Waals surface area contributed by atoms with Gasteiger partial charge in [-0.05, 0) is 39.8 Å². The molecule has 21 heavy (non-hydrogen) atoms. The third-order valence-electron chi connectivity index (χ3n) is 2.41. The van der Waals surface area contributed by atoms with Gasteiger partial charge in [0.2, 0.25) is 0 Å². The number of amides is 3. The van der Waals surface area contributed by atoms with Crippen molar-refractivity contribution in [1.29, 1.82) is 5.26 Å². The standard InChI is InChI=1S/C15H19N3O3/c1-10(13(19)17-14(20)18-15(2,3)4)21-12-8-6-5-7-11(12)9-16/h5-8,10H,1-4H3,(H2,17,18,19,20). The molecule has 1 aromatic rings. The van der Waals surface area contributed by atoms with Gasteiger partial charge in [-0.2, -0.15) is 5.26 Å². The summed E-state index contributed by atoms with van der Waals surface area (Å²) >= 11 is 0. The van der Waals surface area contributed by atoms with Crippen LogP contribution < -0.4 is 15.4 Å². The Morgan fingerprint density at radius 2 is 1.90 bits per heavy atom. The highest BCUT2D eigenvalue weighted by molar-refractivity contribution is 5.96. The number of hydrogen-bond donors (Lipinski definition) is 2. The monoisotopic (exact) mass is 289 g/mol. The Kier molecular flexibility index (Phi) is 5.30. The average molecular weight is 289 g/mol. The Morgan fingerprint density at radius 1 is 1.29 bits per heavy atom. The fourth-order valence-electron chi connectivity index (χ4n) is 1.49. The van der Waals surface area contributed by atoms with E-state index in [1.807, 2.05) is 6.07 Å². The molecular weight excluding hydrogens is 270 g/mol. The molecule has 112 valence electrons. The molecule has 0 aliphatic heterocycles. The Bertz CT molecular complexity index is 570. The summed E-state index contributed by atoms with van der Waals surface area (Å²) in [5.41, 5.74) is -0.113. The van der Waals surface area contributed by atoms with E-state index < -0.39 is 23.6 Å². The molecule has 0 fully saturated rings. The minimum atomic E-state index is -0.898. The minimum absolute atomic E-state index is 0.305. The highest BCUT2D eigenvalue weighted by Crippen LogP contribution is 2.18. The van der Waals surface area contributed by atoms with E-state index >= 15 is 0 Å². The Labute approximate surface area is 124 Å². The maximum Gasteiger partial charge on any atom is 0.321 e. The van der Waals surface area contributed by atoms with Crippen molar-refractivity contribution >= 4 is 11.9 Å². The van der Waals surface area contributed by atoms with Gasteiger partial charge in [-0.15, -0.1) is 0 Å². The number of benzene rings is 1. The molecule has 0 saturated carbocycles. The quantitative estimate of drug-likeness (QED) is 0.889. The fraction of sp³-hybridized carbons (Fsp3) is 0.400. The molecule has 0 saturated heterocycles. The number of carbonyl (C=O) groups excluding carboxylic acids is 2. The number of nitrogens with zero attached hydrogens (tertiary/aromatic N) is 1. The number of hydrogen-bond acceptors (Lipinski definition) is 4. The molecule has 1 aromatic carbocycles. The predicted molar refractivity (Wildman–Crippen MR) is 77.7 cm³/mol. The molecule has 1 atom stereocenters. The zero-order valence-electron chi connectivity index (χ0n) is 12.6. The van der Waals surface area contributed by atoms with E-state index in [9.17, 15) is 9.59 Å². The average Bonchev–Trinajstić information content (AvgIpc) is 2.36. The summed E-state index contributed by atoms with van der Waals surface area (Å²) in [5.74, 6) is -0.275. The van der Waals surface area contributed by atoms with Crippen LogP contribution in [0.3, 0.4) is 0 Å². The zero-order valence-corrected chi connectivity index (χ0v) is 12.6. The van der Waals surface area contributed by atoms with Crippen LogP contribution >= 0.6 is 0 Å². The largest absolute Gasteiger partial charge is 0.480 e. The fourth-order valence-corrected chi connectivity index (χ4v) is 1.49. The lowest BCUT2D eigenvalue weighted by Crippen LogP contribution is -2.50. The first-order valence-electron chi connectivity index (χ1n) is 6.52. The summed E-state index contributed by atoms with van der Waals surface area (Å²) in [6, 6.07) is 7.98. The number of para-hydroxylation sites is 1. The van der Waals surface area contributed by atoms with Gasteiger partial charge in [-0.1, -0.05) is 12.1 Å². The van der Waals surface area contributed by atoms with Crippen LogP contribution in [-0.2, 0) is 4.79 Å². The van der Waals surface area contributed by atoms with Gasteiger partial charge in [-0.25, -0.2) is 4.79 Å². The van der Waals surface area contributed by atoms with Gasteiger partial charge >= 0.3 is 6.03 Å². The van der Waals surface area contributed by atoms with Crippen LogP contribution in [0.4, 0.5) is 4.79 Å². The summed E-state index contributed by atoms with van der Waals surface area (Å²) in [4.78, 5) is 23.5. The Morgan fingerprint density at radius 3 is 2.48 bits per heavy atom. The van der Waals surface area contributed by atoms with Crippen molar-refractivity contribution in [3.63, 3.8) is 0 Å². The molecule has 1 unspecified atom stereocenters. The van der Waals surface area contributed by atoms with E-state index in [1.54, 1.807) is 45.0 Å². The van der Waals surface area contributed by atoms with Crippen molar-refractivity contribution < 1.29 is 14.3 Å². The van der Waals surface area contributed by atoms with Gasteiger partial charge in [0.15, 0.2) is 6.10 Å². The number of carbonyl (C=O) groups is 2. The first-order chi connectivity index (χ1) is 9.73. The van der Waals surface area contributed by atoms with Crippen LogP contribution in [0.2, 0.25) is 0 Å². The van der Waals surface area contributed by atoms with Crippen molar-refractivity contribution in [3.8, 4) is 11.8 Å². The molecule has 3 amide bonds. The Balaban J connectivity index is 2.63. The maximum atomic E-state index is 11.9. The summed E-state index contributed by atoms with van der Waals surface area (Å²) < 4.78 is 5.41. The normalized spacial score (nSPS) is 12.0. The third kappa shape index (κ3) is 5.53. The second-order valence-corrected chi connectivity index (χ2v) is 5.56. The summed E-state index contributed by atoms with van der Waals surface area (Å²) in [6.45, 7) is 6.92. The zero-order chi connectivity index (χ0) is 16.0. The van der Waals surface area contributed by atoms with Crippen molar-refractivity contribution in [2.45, 2.75) is 39.3 Å². The summed E-state index contributed by atoms with van der Waals surface area (Å²) in [7, 11) is 0. The highest BCUT2D eigenvalue weighted by Gasteiger charge is 2.21. The lowest BCUT2D eigenvalue weighted by atomic mass is 10.1. The van der Waals surface area contributed by atoms with Gasteiger partial charge < -0.3 is 10.1 Å². The molecule has 0 aromatic heterocycles. The molecule has 6 heteroatoms. The number of nitrogens with one attached hydrogen (secondary N) is 2. The number of rotatable bonds is 3. The van der Waals surface area contributed by atoms with Gasteiger partial charge in [0.05, 0.1) is 5.56 Å². The third-order valence-corrected chi connectivity index (χ3v) is 2.41. The van der Waals surface area contributed by atoms with Gasteiger partial charge in [0.25, 0.3) is 5.91 Å². The van der Waals surface area contributed by atoms with Gasteiger partial charge in [0.1, 0.15) is 11.8 Å². The van der Waals surface area contributed by atoms with Crippen molar-refractivity contribution in [1.82, 2.24) is 10.6 Å². The van der Waals surface area contributed by atoms with Crippen LogP contribution in [0.1, 0.15) is 33.3 Å². The molecule has 6 nitrogen and oxygen atoms in total. The van der Waals surface area contributed by atoms with Crippen LogP contribution in [0.15, 0.2) is 24.3 Å². The second-order valence-electron chi connectivity index (χ2n) is 5.56. The van der Waals surface area contributed by atoms with E-state index in [-0.39, 0.29) is 0 Å². The second kappa shape index (κ2) is 6.75. The number of imide groups is 1. The molecule has 0 spiro atoms. The van der Waals surface area contributed by atoms with Crippen molar-refractivity contribution in [2.24, 2.45) is 0 Å². The Hall–Kier alpha value is -2.55. The van der Waals surface area contributed by atoms with Crippen molar-refractivity contribution in [2.75, 3.05) is 0 Å². The molecule has 0 heterocycles. The van der Waals surface area contributed by atoms with E-state index in [4.69, 9.17) is 10.00 Å². The maximum absolute atomic E-state index is 11.9. The smallest absolute Gasteiger partial charge is 0.321 e. The van der Waals surface area contributed by atoms with Gasteiger partial charge in [0, 0.05) is 5.54 Å². The lowest BCUT2D eigenvalue weighted by Gasteiger charge is -2.21. The molecular formula is C15H19N3O3. The van der Waals surface area contributed by atoms with E-state index in [1.165, 1.54) is 6.92 Å². The molecule has 0 bridgehead atoms. The summed E-state index contributed by atoms with van der Waals surface area (Å²) in [6.07, 6.45) is -0.898. The predicted octanol–water partition coefficient (Wildman–Crippen LogP) is 1.95. The summed E-state index contributed by atoms with van der Waals surface area (Å²) in [5, 5.41) is 13.8. The highest BCUT2D eigenvalue weighted by atomic mass is 16.5. The lowest BCUT2D eigenvalue weighted by molar-refractivity contribution is -0.126. The molecule has 1 rings (SSSR count). The van der Waals surface area contributed by atoms with Crippen LogP contribution in [-0.4, -0.2) is 23.6 Å². The molecule has 2 N–H and O–H groups in total.